The summed E-state index contributed by atoms with van der Waals surface area (Å²) >= 11 is 5.97. The van der Waals surface area contributed by atoms with Gasteiger partial charge in [0.1, 0.15) is 17.3 Å². The fourth-order valence-corrected chi connectivity index (χ4v) is 3.08. The monoisotopic (exact) mass is 410 g/mol. The Balaban J connectivity index is 1.98. The number of aryl methyl sites for hydroxylation is 1. The summed E-state index contributed by atoms with van der Waals surface area (Å²) in [6.07, 6.45) is 1.43. The van der Waals surface area contributed by atoms with Crippen molar-refractivity contribution in [3.05, 3.63) is 46.6 Å². The first-order valence-corrected chi connectivity index (χ1v) is 8.67. The van der Waals surface area contributed by atoms with Crippen LogP contribution in [0.5, 0.6) is 0 Å². The molecule has 1 amide bonds. The Kier molecular flexibility index (Phi) is 5.59. The van der Waals surface area contributed by atoms with Crippen LogP contribution in [-0.4, -0.2) is 36.8 Å². The summed E-state index contributed by atoms with van der Waals surface area (Å²) in [5, 5.41) is 14.0. The van der Waals surface area contributed by atoms with Crippen LogP contribution in [0.4, 0.5) is 19.4 Å². The van der Waals surface area contributed by atoms with Crippen molar-refractivity contribution >= 4 is 34.5 Å². The standard InChI is InChI=1S/C17H17ClF2N6O2/c1-8(23-17(27)28)5-11-13(20)12-14(24-16(18)25-15(12)26(11)2)22-6-9-3-4-21-7-10(9)19/h3-4,7-8,23H,5-6H2,1-2H3,(H,27,28)(H,22,24,25). The Labute approximate surface area is 163 Å². The minimum atomic E-state index is -1.20. The van der Waals surface area contributed by atoms with Gasteiger partial charge in [-0.1, -0.05) is 0 Å². The van der Waals surface area contributed by atoms with E-state index in [2.05, 4.69) is 25.6 Å². The topological polar surface area (TPSA) is 105 Å². The number of pyridine rings is 1. The fraction of sp³-hybridized carbons (Fsp3) is 0.294. The van der Waals surface area contributed by atoms with Crippen LogP contribution in [0, 0.1) is 11.6 Å². The Morgan fingerprint density at radius 2 is 2.14 bits per heavy atom. The molecule has 11 heteroatoms. The molecule has 0 aromatic carbocycles. The molecule has 0 aliphatic heterocycles. The summed E-state index contributed by atoms with van der Waals surface area (Å²) in [6, 6.07) is 0.967. The highest BCUT2D eigenvalue weighted by molar-refractivity contribution is 6.28. The fourth-order valence-electron chi connectivity index (χ4n) is 2.92. The Morgan fingerprint density at radius 1 is 1.39 bits per heavy atom. The van der Waals surface area contributed by atoms with Crippen LogP contribution < -0.4 is 10.6 Å². The van der Waals surface area contributed by atoms with Gasteiger partial charge in [-0.25, -0.2) is 13.6 Å². The molecule has 3 N–H and O–H groups in total. The lowest BCUT2D eigenvalue weighted by Crippen LogP contribution is -2.33. The number of fused-ring (bicyclic) bond motifs is 1. The third-order valence-electron chi connectivity index (χ3n) is 4.23. The molecule has 8 nitrogen and oxygen atoms in total. The van der Waals surface area contributed by atoms with Crippen molar-refractivity contribution in [2.75, 3.05) is 5.32 Å². The molecule has 0 bridgehead atoms. The number of amides is 1. The number of halogens is 3. The quantitative estimate of drug-likeness (QED) is 0.539. The Morgan fingerprint density at radius 3 is 2.82 bits per heavy atom. The van der Waals surface area contributed by atoms with Gasteiger partial charge in [0.05, 0.1) is 17.3 Å². The maximum absolute atomic E-state index is 15.1. The summed E-state index contributed by atoms with van der Waals surface area (Å²) in [5.74, 6) is -0.982. The number of hydrogen-bond donors (Lipinski definition) is 3. The van der Waals surface area contributed by atoms with Gasteiger partial charge in [0.15, 0.2) is 5.82 Å². The largest absolute Gasteiger partial charge is 0.465 e. The minimum absolute atomic E-state index is 0.0391. The molecule has 3 aromatic rings. The van der Waals surface area contributed by atoms with Gasteiger partial charge in [-0.15, -0.1) is 0 Å². The summed E-state index contributed by atoms with van der Waals surface area (Å²) in [6.45, 7) is 1.66. The van der Waals surface area contributed by atoms with Crippen molar-refractivity contribution in [3.8, 4) is 0 Å². The van der Waals surface area contributed by atoms with Gasteiger partial charge in [0.2, 0.25) is 5.28 Å². The molecular formula is C17H17ClF2N6O2. The average molecular weight is 411 g/mol. The van der Waals surface area contributed by atoms with E-state index in [9.17, 15) is 9.18 Å². The molecular weight excluding hydrogens is 394 g/mol. The van der Waals surface area contributed by atoms with E-state index >= 15 is 4.39 Å². The first-order valence-electron chi connectivity index (χ1n) is 8.30. The van der Waals surface area contributed by atoms with Crippen molar-refractivity contribution in [1.29, 1.82) is 0 Å². The third-order valence-corrected chi connectivity index (χ3v) is 4.40. The summed E-state index contributed by atoms with van der Waals surface area (Å²) in [7, 11) is 1.60. The lowest BCUT2D eigenvalue weighted by atomic mass is 10.1. The number of nitrogens with zero attached hydrogens (tertiary/aromatic N) is 4. The zero-order valence-corrected chi connectivity index (χ0v) is 15.8. The maximum Gasteiger partial charge on any atom is 0.404 e. The van der Waals surface area contributed by atoms with Crippen LogP contribution in [0.1, 0.15) is 18.2 Å². The normalized spacial score (nSPS) is 12.2. The molecule has 3 heterocycles. The predicted molar refractivity (Wildman–Crippen MR) is 99.3 cm³/mol. The van der Waals surface area contributed by atoms with Crippen LogP contribution in [0.2, 0.25) is 5.28 Å². The van der Waals surface area contributed by atoms with Crippen LogP contribution in [0.25, 0.3) is 11.0 Å². The molecule has 0 aliphatic rings. The van der Waals surface area contributed by atoms with Crippen LogP contribution in [-0.2, 0) is 20.0 Å². The zero-order valence-electron chi connectivity index (χ0n) is 15.0. The number of aromatic nitrogens is 4. The van der Waals surface area contributed by atoms with Crippen molar-refractivity contribution in [2.24, 2.45) is 7.05 Å². The number of carboxylic acid groups (broad SMARTS) is 1. The second kappa shape index (κ2) is 7.93. The highest BCUT2D eigenvalue weighted by Gasteiger charge is 2.23. The molecule has 28 heavy (non-hydrogen) atoms. The summed E-state index contributed by atoms with van der Waals surface area (Å²) in [4.78, 5) is 22.6. The van der Waals surface area contributed by atoms with Crippen LogP contribution in [0.3, 0.4) is 0 Å². The van der Waals surface area contributed by atoms with Crippen LogP contribution >= 0.6 is 11.6 Å². The van der Waals surface area contributed by atoms with E-state index in [1.165, 1.54) is 16.8 Å². The van der Waals surface area contributed by atoms with Gasteiger partial charge in [-0.05, 0) is 24.6 Å². The van der Waals surface area contributed by atoms with E-state index in [1.54, 1.807) is 14.0 Å². The van der Waals surface area contributed by atoms with Gasteiger partial charge in [0.25, 0.3) is 0 Å². The molecule has 0 radical (unpaired) electrons. The van der Waals surface area contributed by atoms with Gasteiger partial charge in [-0.3, -0.25) is 4.98 Å². The van der Waals surface area contributed by atoms with Gasteiger partial charge < -0.3 is 20.3 Å². The van der Waals surface area contributed by atoms with Crippen molar-refractivity contribution in [3.63, 3.8) is 0 Å². The highest BCUT2D eigenvalue weighted by Crippen LogP contribution is 2.30. The maximum atomic E-state index is 15.1. The second-order valence-corrected chi connectivity index (χ2v) is 6.57. The van der Waals surface area contributed by atoms with E-state index in [0.717, 1.165) is 6.20 Å². The van der Waals surface area contributed by atoms with Crippen LogP contribution in [0.15, 0.2) is 18.5 Å². The SMILES string of the molecule is CC(Cc1c(F)c2c(NCc3ccncc3F)nc(Cl)nc2n1C)NC(=O)O. The predicted octanol–water partition coefficient (Wildman–Crippen LogP) is 3.11. The molecule has 3 rings (SSSR count). The van der Waals surface area contributed by atoms with E-state index in [0.29, 0.717) is 5.56 Å². The summed E-state index contributed by atoms with van der Waals surface area (Å²) in [5.41, 5.74) is 0.812. The summed E-state index contributed by atoms with van der Waals surface area (Å²) < 4.78 is 30.4. The average Bonchev–Trinajstić information content (AvgIpc) is 2.85. The number of hydrogen-bond acceptors (Lipinski definition) is 5. The minimum Gasteiger partial charge on any atom is -0.465 e. The Bertz CT molecular complexity index is 1040. The molecule has 1 atom stereocenters. The van der Waals surface area contributed by atoms with Gasteiger partial charge in [-0.2, -0.15) is 9.97 Å². The third kappa shape index (κ3) is 3.96. The van der Waals surface area contributed by atoms with Crippen molar-refractivity contribution < 1.29 is 18.7 Å². The first-order chi connectivity index (χ1) is 13.3. The van der Waals surface area contributed by atoms with E-state index in [4.69, 9.17) is 16.7 Å². The molecule has 1 unspecified atom stereocenters. The number of nitrogens with one attached hydrogen (secondary N) is 2. The smallest absolute Gasteiger partial charge is 0.404 e. The van der Waals surface area contributed by atoms with E-state index < -0.39 is 23.8 Å². The Hall–Kier alpha value is -3.01. The molecule has 0 spiro atoms. The number of anilines is 1. The molecule has 0 aliphatic carbocycles. The van der Waals surface area contributed by atoms with Gasteiger partial charge >= 0.3 is 6.09 Å². The molecule has 0 saturated carbocycles. The van der Waals surface area contributed by atoms with E-state index in [1.807, 2.05) is 0 Å². The molecule has 0 fully saturated rings. The zero-order chi connectivity index (χ0) is 20.4. The van der Waals surface area contributed by atoms with Crippen molar-refractivity contribution in [1.82, 2.24) is 24.8 Å². The van der Waals surface area contributed by atoms with Gasteiger partial charge in [0, 0.05) is 37.8 Å². The van der Waals surface area contributed by atoms with E-state index in [-0.39, 0.29) is 40.8 Å². The molecule has 148 valence electrons. The first kappa shape index (κ1) is 19.7. The highest BCUT2D eigenvalue weighted by atomic mass is 35.5. The second-order valence-electron chi connectivity index (χ2n) is 6.23. The molecule has 3 aromatic heterocycles. The number of rotatable bonds is 6. The lowest BCUT2D eigenvalue weighted by molar-refractivity contribution is 0.190. The molecule has 0 saturated heterocycles. The number of carbonyl (C=O) groups is 1. The lowest BCUT2D eigenvalue weighted by Gasteiger charge is -2.11. The van der Waals surface area contributed by atoms with Crippen molar-refractivity contribution in [2.45, 2.75) is 25.9 Å².